The number of nitrogens with one attached hydrogen (secondary N) is 2. The van der Waals surface area contributed by atoms with Crippen molar-refractivity contribution in [1.82, 2.24) is 4.72 Å². The quantitative estimate of drug-likeness (QED) is 0.684. The van der Waals surface area contributed by atoms with Crippen LogP contribution in [-0.2, 0) is 10.0 Å². The van der Waals surface area contributed by atoms with Crippen LogP contribution in [-0.4, -0.2) is 34.6 Å². The van der Waals surface area contributed by atoms with E-state index in [1.165, 1.54) is 25.3 Å². The molecule has 0 aliphatic carbocycles. The van der Waals surface area contributed by atoms with Crippen molar-refractivity contribution in [2.75, 3.05) is 25.6 Å². The van der Waals surface area contributed by atoms with E-state index < -0.39 is 15.9 Å². The fourth-order valence-corrected chi connectivity index (χ4v) is 3.67. The molecule has 0 aromatic heterocycles. The lowest BCUT2D eigenvalue weighted by atomic mass is 10.2. The molecule has 0 saturated carbocycles. The number of carbonyl (C=O) groups excluding carboxylic acids is 1. The minimum Gasteiger partial charge on any atom is -0.495 e. The number of benzene rings is 2. The molecule has 0 saturated heterocycles. The molecule has 2 N–H and O–H groups in total. The fraction of sp³-hybridized carbons (Fsp3) is 0.316. The molecule has 0 aliphatic heterocycles. The Morgan fingerprint density at radius 2 is 1.78 bits per heavy atom. The molecule has 0 heterocycles. The first kappa shape index (κ1) is 20.7. The van der Waals surface area contributed by atoms with Crippen molar-refractivity contribution in [3.63, 3.8) is 0 Å². The Morgan fingerprint density at radius 1 is 1.07 bits per heavy atom. The monoisotopic (exact) mass is 392 g/mol. The second-order valence-corrected chi connectivity index (χ2v) is 7.41. The summed E-state index contributed by atoms with van der Waals surface area (Å²) in [6, 6.07) is 11.2. The van der Waals surface area contributed by atoms with Crippen molar-refractivity contribution in [3.05, 3.63) is 48.0 Å². The summed E-state index contributed by atoms with van der Waals surface area (Å²) < 4.78 is 37.9. The lowest BCUT2D eigenvalue weighted by Gasteiger charge is -2.12. The minimum absolute atomic E-state index is 0.0715. The van der Waals surface area contributed by atoms with Crippen molar-refractivity contribution in [2.45, 2.75) is 25.2 Å². The van der Waals surface area contributed by atoms with E-state index in [0.717, 1.165) is 0 Å². The zero-order chi connectivity index (χ0) is 19.9. The SMILES string of the molecule is CCCNS(=O)(=O)c1cc(C(=O)Nc2ccc(OCC)cc2)ccc1OC. The molecule has 2 aromatic rings. The third kappa shape index (κ3) is 5.45. The Labute approximate surface area is 159 Å². The Balaban J connectivity index is 2.24. The number of amides is 1. The lowest BCUT2D eigenvalue weighted by Crippen LogP contribution is -2.25. The van der Waals surface area contributed by atoms with Crippen LogP contribution >= 0.6 is 0 Å². The number of anilines is 1. The fourth-order valence-electron chi connectivity index (χ4n) is 2.35. The third-order valence-corrected chi connectivity index (χ3v) is 5.16. The van der Waals surface area contributed by atoms with Crippen LogP contribution < -0.4 is 19.5 Å². The largest absolute Gasteiger partial charge is 0.495 e. The topological polar surface area (TPSA) is 93.7 Å². The van der Waals surface area contributed by atoms with Gasteiger partial charge < -0.3 is 14.8 Å². The summed E-state index contributed by atoms with van der Waals surface area (Å²) in [5.41, 5.74) is 0.786. The van der Waals surface area contributed by atoms with Crippen molar-refractivity contribution in [1.29, 1.82) is 0 Å². The van der Waals surface area contributed by atoms with Gasteiger partial charge in [0.15, 0.2) is 0 Å². The summed E-state index contributed by atoms with van der Waals surface area (Å²) in [5.74, 6) is 0.459. The number of sulfonamides is 1. The maximum Gasteiger partial charge on any atom is 0.255 e. The average molecular weight is 392 g/mol. The van der Waals surface area contributed by atoms with Gasteiger partial charge in [-0.2, -0.15) is 0 Å². The van der Waals surface area contributed by atoms with Crippen molar-refractivity contribution < 1.29 is 22.7 Å². The highest BCUT2D eigenvalue weighted by Gasteiger charge is 2.21. The van der Waals surface area contributed by atoms with E-state index in [1.54, 1.807) is 24.3 Å². The van der Waals surface area contributed by atoms with E-state index in [2.05, 4.69) is 10.0 Å². The predicted octanol–water partition coefficient (Wildman–Crippen LogP) is 3.03. The third-order valence-electron chi connectivity index (χ3n) is 3.68. The molecular weight excluding hydrogens is 368 g/mol. The van der Waals surface area contributed by atoms with Crippen LogP contribution in [0.3, 0.4) is 0 Å². The summed E-state index contributed by atoms with van der Waals surface area (Å²) in [6.45, 7) is 4.61. The van der Waals surface area contributed by atoms with E-state index in [1.807, 2.05) is 13.8 Å². The molecule has 0 aliphatic rings. The van der Waals surface area contributed by atoms with Gasteiger partial charge in [-0.3, -0.25) is 4.79 Å². The molecule has 8 heteroatoms. The molecule has 0 unspecified atom stereocenters. The number of methoxy groups -OCH3 is 1. The van der Waals surface area contributed by atoms with Gasteiger partial charge in [0.05, 0.1) is 13.7 Å². The van der Waals surface area contributed by atoms with Crippen LogP contribution in [0.4, 0.5) is 5.69 Å². The smallest absolute Gasteiger partial charge is 0.255 e. The molecule has 0 atom stereocenters. The zero-order valence-corrected chi connectivity index (χ0v) is 16.4. The van der Waals surface area contributed by atoms with Crippen LogP contribution in [0.1, 0.15) is 30.6 Å². The van der Waals surface area contributed by atoms with Crippen molar-refractivity contribution in [3.8, 4) is 11.5 Å². The molecule has 27 heavy (non-hydrogen) atoms. The van der Waals surface area contributed by atoms with Crippen LogP contribution in [0, 0.1) is 0 Å². The predicted molar refractivity (Wildman–Crippen MR) is 104 cm³/mol. The summed E-state index contributed by atoms with van der Waals surface area (Å²) in [7, 11) is -2.39. The first-order chi connectivity index (χ1) is 12.9. The first-order valence-corrected chi connectivity index (χ1v) is 10.1. The molecule has 7 nitrogen and oxygen atoms in total. The van der Waals surface area contributed by atoms with Crippen LogP contribution in [0.5, 0.6) is 11.5 Å². The number of hydrogen-bond acceptors (Lipinski definition) is 5. The second-order valence-electron chi connectivity index (χ2n) is 5.67. The van der Waals surface area contributed by atoms with E-state index in [9.17, 15) is 13.2 Å². The normalized spacial score (nSPS) is 11.1. The summed E-state index contributed by atoms with van der Waals surface area (Å²) >= 11 is 0. The van der Waals surface area contributed by atoms with Gasteiger partial charge in [0.25, 0.3) is 5.91 Å². The first-order valence-electron chi connectivity index (χ1n) is 8.63. The van der Waals surface area contributed by atoms with Gasteiger partial charge in [0.1, 0.15) is 16.4 Å². The van der Waals surface area contributed by atoms with Crippen LogP contribution in [0.15, 0.2) is 47.4 Å². The molecule has 1 amide bonds. The molecule has 2 rings (SSSR count). The highest BCUT2D eigenvalue weighted by atomic mass is 32.2. The summed E-state index contributed by atoms with van der Waals surface area (Å²) in [5, 5.41) is 2.74. The molecule has 0 radical (unpaired) electrons. The van der Waals surface area contributed by atoms with E-state index >= 15 is 0 Å². The number of hydrogen-bond donors (Lipinski definition) is 2. The van der Waals surface area contributed by atoms with Crippen LogP contribution in [0.25, 0.3) is 0 Å². The highest BCUT2D eigenvalue weighted by Crippen LogP contribution is 2.25. The average Bonchev–Trinajstić information content (AvgIpc) is 2.67. The maximum atomic E-state index is 12.5. The molecule has 0 bridgehead atoms. The van der Waals surface area contributed by atoms with Crippen LogP contribution in [0.2, 0.25) is 0 Å². The second kappa shape index (κ2) is 9.38. The molecule has 0 spiro atoms. The Kier molecular flexibility index (Phi) is 7.20. The Bertz CT molecular complexity index is 879. The van der Waals surface area contributed by atoms with Gasteiger partial charge in [-0.1, -0.05) is 6.92 Å². The molecule has 2 aromatic carbocycles. The Morgan fingerprint density at radius 3 is 2.37 bits per heavy atom. The standard InChI is InChI=1S/C19H24N2O5S/c1-4-12-20-27(23,24)18-13-14(6-11-17(18)25-3)19(22)21-15-7-9-16(10-8-15)26-5-2/h6-11,13,20H,4-5,12H2,1-3H3,(H,21,22). The van der Waals surface area contributed by atoms with E-state index in [0.29, 0.717) is 31.0 Å². The molecule has 146 valence electrons. The van der Waals surface area contributed by atoms with Crippen molar-refractivity contribution in [2.24, 2.45) is 0 Å². The molecular formula is C19H24N2O5S. The van der Waals surface area contributed by atoms with E-state index in [4.69, 9.17) is 9.47 Å². The lowest BCUT2D eigenvalue weighted by molar-refractivity contribution is 0.102. The number of rotatable bonds is 9. The zero-order valence-electron chi connectivity index (χ0n) is 15.6. The van der Waals surface area contributed by atoms with Gasteiger partial charge in [0, 0.05) is 17.8 Å². The van der Waals surface area contributed by atoms with E-state index in [-0.39, 0.29) is 16.2 Å². The van der Waals surface area contributed by atoms with Gasteiger partial charge in [-0.15, -0.1) is 0 Å². The highest BCUT2D eigenvalue weighted by molar-refractivity contribution is 7.89. The van der Waals surface area contributed by atoms with Crippen molar-refractivity contribution >= 4 is 21.6 Å². The Hall–Kier alpha value is -2.58. The van der Waals surface area contributed by atoms with Gasteiger partial charge in [-0.25, -0.2) is 13.1 Å². The summed E-state index contributed by atoms with van der Waals surface area (Å²) in [4.78, 5) is 12.4. The number of carbonyl (C=O) groups is 1. The van der Waals surface area contributed by atoms with Gasteiger partial charge in [0.2, 0.25) is 10.0 Å². The minimum atomic E-state index is -3.78. The van der Waals surface area contributed by atoms with Gasteiger partial charge in [-0.05, 0) is 55.8 Å². The van der Waals surface area contributed by atoms with Gasteiger partial charge >= 0.3 is 0 Å². The molecule has 0 fully saturated rings. The maximum absolute atomic E-state index is 12.5. The summed E-state index contributed by atoms with van der Waals surface area (Å²) in [6.07, 6.45) is 0.652. The number of ether oxygens (including phenoxy) is 2.